The first-order valence-corrected chi connectivity index (χ1v) is 10.5. The molecule has 4 aromatic carbocycles. The van der Waals surface area contributed by atoms with Gasteiger partial charge < -0.3 is 0 Å². The van der Waals surface area contributed by atoms with Gasteiger partial charge in [-0.25, -0.2) is 0 Å². The molecule has 0 bridgehead atoms. The number of hydrogen-bond donors (Lipinski definition) is 0. The standard InChI is InChI=1S/C29H24/c1-18-19-10-8-9-15-27(19)29(2,3)28-17-26-23-14-7-5-12-21(23)20-11-4-6-13-22(20)25(26)16-24(18)28/h4-17,28H,1-3H3. The first kappa shape index (κ1) is 16.8. The van der Waals surface area contributed by atoms with Gasteiger partial charge >= 0.3 is 0 Å². The molecule has 0 saturated carbocycles. The van der Waals surface area contributed by atoms with E-state index in [1.807, 2.05) is 0 Å². The molecule has 2 aliphatic rings. The minimum absolute atomic E-state index is 0.0619. The van der Waals surface area contributed by atoms with E-state index >= 15 is 0 Å². The lowest BCUT2D eigenvalue weighted by Crippen LogP contribution is -2.40. The van der Waals surface area contributed by atoms with Gasteiger partial charge in [-0.05, 0) is 67.3 Å². The molecular formula is C29H24. The number of hydrogen-bond acceptors (Lipinski definition) is 0. The van der Waals surface area contributed by atoms with Gasteiger partial charge in [-0.2, -0.15) is 0 Å². The van der Waals surface area contributed by atoms with Crippen molar-refractivity contribution in [2.45, 2.75) is 26.2 Å². The van der Waals surface area contributed by atoms with Crippen LogP contribution >= 0.6 is 0 Å². The molecule has 0 heterocycles. The summed E-state index contributed by atoms with van der Waals surface area (Å²) in [5.74, 6) is 0.384. The summed E-state index contributed by atoms with van der Waals surface area (Å²) in [7, 11) is 0. The largest absolute Gasteiger partial charge is 0.0676 e. The molecule has 29 heavy (non-hydrogen) atoms. The fraction of sp³-hybridized carbons (Fsp3) is 0.172. The van der Waals surface area contributed by atoms with Crippen molar-refractivity contribution >= 4 is 39.3 Å². The van der Waals surface area contributed by atoms with E-state index in [0.29, 0.717) is 5.92 Å². The molecule has 0 amide bonds. The second-order valence-electron chi connectivity index (χ2n) is 9.05. The molecule has 0 saturated heterocycles. The fourth-order valence-corrected chi connectivity index (χ4v) is 5.67. The third kappa shape index (κ3) is 2.15. The molecule has 0 radical (unpaired) electrons. The highest BCUT2D eigenvalue weighted by molar-refractivity contribution is 6.09. The van der Waals surface area contributed by atoms with Crippen molar-refractivity contribution in [2.24, 2.45) is 5.92 Å². The van der Waals surface area contributed by atoms with Crippen LogP contribution in [0.4, 0.5) is 0 Å². The fourth-order valence-electron chi connectivity index (χ4n) is 5.67. The normalized spacial score (nSPS) is 19.2. The van der Waals surface area contributed by atoms with Crippen LogP contribution in [0.15, 0.2) is 78.4 Å². The van der Waals surface area contributed by atoms with Crippen molar-refractivity contribution in [3.63, 3.8) is 0 Å². The van der Waals surface area contributed by atoms with Crippen molar-refractivity contribution < 1.29 is 0 Å². The predicted molar refractivity (Wildman–Crippen MR) is 125 cm³/mol. The van der Waals surface area contributed by atoms with Gasteiger partial charge in [-0.3, -0.25) is 0 Å². The van der Waals surface area contributed by atoms with Crippen LogP contribution < -0.4 is 10.4 Å². The van der Waals surface area contributed by atoms with Crippen LogP contribution in [0.1, 0.15) is 31.9 Å². The second-order valence-corrected chi connectivity index (χ2v) is 9.05. The highest BCUT2D eigenvalue weighted by Crippen LogP contribution is 2.48. The Hall–Kier alpha value is -3.12. The Kier molecular flexibility index (Phi) is 3.30. The van der Waals surface area contributed by atoms with Gasteiger partial charge in [0.15, 0.2) is 0 Å². The van der Waals surface area contributed by atoms with Gasteiger partial charge in [0.25, 0.3) is 0 Å². The average Bonchev–Trinajstić information content (AvgIpc) is 2.77. The van der Waals surface area contributed by atoms with Crippen molar-refractivity contribution in [1.29, 1.82) is 0 Å². The lowest BCUT2D eigenvalue weighted by Gasteiger charge is -2.42. The van der Waals surface area contributed by atoms with Gasteiger partial charge in [0.05, 0.1) is 0 Å². The molecule has 6 rings (SSSR count). The van der Waals surface area contributed by atoms with Crippen molar-refractivity contribution in [2.75, 3.05) is 0 Å². The molecule has 0 aliphatic heterocycles. The maximum Gasteiger partial charge on any atom is 0.0122 e. The maximum absolute atomic E-state index is 2.55. The summed E-state index contributed by atoms with van der Waals surface area (Å²) in [6.45, 7) is 7.11. The first-order valence-electron chi connectivity index (χ1n) is 10.5. The molecule has 2 aliphatic carbocycles. The summed E-state index contributed by atoms with van der Waals surface area (Å²) in [6.07, 6.45) is 5.04. The monoisotopic (exact) mass is 372 g/mol. The first-order chi connectivity index (χ1) is 14.1. The Morgan fingerprint density at radius 2 is 1.21 bits per heavy atom. The average molecular weight is 373 g/mol. The van der Waals surface area contributed by atoms with E-state index in [1.54, 1.807) is 0 Å². The summed E-state index contributed by atoms with van der Waals surface area (Å²) in [5.41, 5.74) is 5.82. The van der Waals surface area contributed by atoms with Crippen LogP contribution in [0.3, 0.4) is 0 Å². The number of fused-ring (bicyclic) bond motifs is 8. The summed E-state index contributed by atoms with van der Waals surface area (Å²) in [4.78, 5) is 0. The highest BCUT2D eigenvalue weighted by Gasteiger charge is 2.39. The minimum atomic E-state index is 0.0619. The highest BCUT2D eigenvalue weighted by atomic mass is 14.4. The third-order valence-electron chi connectivity index (χ3n) is 7.22. The van der Waals surface area contributed by atoms with E-state index in [0.717, 1.165) is 0 Å². The van der Waals surface area contributed by atoms with Crippen molar-refractivity contribution in [3.8, 4) is 0 Å². The Morgan fingerprint density at radius 1 is 0.655 bits per heavy atom. The molecule has 0 nitrogen and oxygen atoms in total. The van der Waals surface area contributed by atoms with E-state index in [1.165, 1.54) is 54.3 Å². The van der Waals surface area contributed by atoms with E-state index < -0.39 is 0 Å². The number of benzene rings is 4. The van der Waals surface area contributed by atoms with Gasteiger partial charge in [0, 0.05) is 11.3 Å². The summed E-state index contributed by atoms with van der Waals surface area (Å²) >= 11 is 0. The third-order valence-corrected chi connectivity index (χ3v) is 7.22. The molecule has 0 N–H and O–H groups in total. The van der Waals surface area contributed by atoms with Gasteiger partial charge in [0.2, 0.25) is 0 Å². The SMILES string of the molecule is CC1=C2C=c3c(c4ccccc4c4ccccc34)=CC2C(C)(C)c2ccccc21. The van der Waals surface area contributed by atoms with E-state index in [2.05, 4.69) is 106 Å². The molecule has 140 valence electrons. The summed E-state index contributed by atoms with van der Waals surface area (Å²) in [5, 5.41) is 8.19. The zero-order chi connectivity index (χ0) is 19.8. The summed E-state index contributed by atoms with van der Waals surface area (Å²) < 4.78 is 0. The van der Waals surface area contributed by atoms with Crippen LogP contribution in [0.5, 0.6) is 0 Å². The molecule has 0 heteroatoms. The van der Waals surface area contributed by atoms with Crippen molar-refractivity contribution in [3.05, 3.63) is 99.9 Å². The van der Waals surface area contributed by atoms with E-state index in [9.17, 15) is 0 Å². The molecule has 1 atom stereocenters. The van der Waals surface area contributed by atoms with Crippen LogP contribution in [0.2, 0.25) is 0 Å². The minimum Gasteiger partial charge on any atom is -0.0676 e. The second kappa shape index (κ2) is 5.70. The Labute approximate surface area is 171 Å². The number of allylic oxidation sites excluding steroid dienone is 2. The van der Waals surface area contributed by atoms with E-state index in [4.69, 9.17) is 0 Å². The molecular weight excluding hydrogens is 348 g/mol. The van der Waals surface area contributed by atoms with Crippen LogP contribution in [0, 0.1) is 5.92 Å². The zero-order valence-electron chi connectivity index (χ0n) is 17.2. The lowest BCUT2D eigenvalue weighted by molar-refractivity contribution is 0.445. The van der Waals surface area contributed by atoms with Crippen LogP contribution in [0.25, 0.3) is 39.3 Å². The smallest absolute Gasteiger partial charge is 0.0122 e. The molecule has 1 unspecified atom stereocenters. The van der Waals surface area contributed by atoms with Gasteiger partial charge in [-0.1, -0.05) is 92.7 Å². The quantitative estimate of drug-likeness (QED) is 0.335. The van der Waals surface area contributed by atoms with Crippen LogP contribution in [-0.2, 0) is 5.41 Å². The molecule has 0 aromatic heterocycles. The number of rotatable bonds is 0. The Morgan fingerprint density at radius 3 is 1.90 bits per heavy atom. The lowest BCUT2D eigenvalue weighted by atomic mass is 9.62. The Balaban J connectivity index is 1.84. The van der Waals surface area contributed by atoms with Gasteiger partial charge in [-0.15, -0.1) is 0 Å². The van der Waals surface area contributed by atoms with Crippen molar-refractivity contribution in [1.82, 2.24) is 0 Å². The van der Waals surface area contributed by atoms with Crippen LogP contribution in [-0.4, -0.2) is 0 Å². The zero-order valence-corrected chi connectivity index (χ0v) is 17.2. The topological polar surface area (TPSA) is 0 Å². The molecule has 4 aromatic rings. The predicted octanol–water partition coefficient (Wildman–Crippen LogP) is 5.95. The van der Waals surface area contributed by atoms with Gasteiger partial charge in [0.1, 0.15) is 0 Å². The summed E-state index contributed by atoms with van der Waals surface area (Å²) in [6, 6.07) is 26.7. The van der Waals surface area contributed by atoms with E-state index in [-0.39, 0.29) is 5.41 Å². The molecule has 0 spiro atoms. The maximum atomic E-state index is 2.55. The molecule has 0 fully saturated rings. The Bertz CT molecular complexity index is 1480.